The van der Waals surface area contributed by atoms with Crippen molar-refractivity contribution in [2.75, 3.05) is 25.2 Å². The summed E-state index contributed by atoms with van der Waals surface area (Å²) in [5, 5.41) is 3.53. The predicted molar refractivity (Wildman–Crippen MR) is 137 cm³/mol. The number of amides is 3. The molecule has 0 fully saturated rings. The summed E-state index contributed by atoms with van der Waals surface area (Å²) in [4.78, 5) is 29.8. The molecule has 3 amide bonds. The third-order valence-electron chi connectivity index (χ3n) is 5.46. The molecule has 0 unspecified atom stereocenters. The minimum absolute atomic E-state index is 0.114. The minimum Gasteiger partial charge on any atom is -0.467 e. The van der Waals surface area contributed by atoms with Gasteiger partial charge in [0.05, 0.1) is 22.9 Å². The third kappa shape index (κ3) is 6.65. The van der Waals surface area contributed by atoms with Crippen molar-refractivity contribution in [2.45, 2.75) is 26.9 Å². The van der Waals surface area contributed by atoms with Crippen LogP contribution in [0.3, 0.4) is 0 Å². The second kappa shape index (κ2) is 11.6. The van der Waals surface area contributed by atoms with Gasteiger partial charge >= 0.3 is 6.03 Å². The van der Waals surface area contributed by atoms with E-state index in [1.807, 2.05) is 38.1 Å². The highest BCUT2D eigenvalue weighted by atomic mass is 35.5. The average molecular weight is 532 g/mol. The van der Waals surface area contributed by atoms with Gasteiger partial charge in [0.2, 0.25) is 12.7 Å². The standard InChI is InChI=1S/C26H27Cl2N3O5/c1-17(2)12-31(26(33)29-19-6-7-21(27)22(28)11-19)15-25(32)30(14-20-4-3-9-34-20)13-18-5-8-23-24(10-18)36-16-35-23/h3-11,17H,12-16H2,1-2H3,(H,29,33). The first-order chi connectivity index (χ1) is 17.3. The van der Waals surface area contributed by atoms with Crippen LogP contribution in [0.15, 0.2) is 59.2 Å². The Labute approximate surface area is 219 Å². The third-order valence-corrected chi connectivity index (χ3v) is 6.20. The Kier molecular flexibility index (Phi) is 8.28. The quantitative estimate of drug-likeness (QED) is 0.364. The summed E-state index contributed by atoms with van der Waals surface area (Å²) in [6.07, 6.45) is 1.56. The first kappa shape index (κ1) is 25.7. The number of rotatable bonds is 9. The number of carbonyl (C=O) groups is 2. The van der Waals surface area contributed by atoms with Gasteiger partial charge in [0.15, 0.2) is 11.5 Å². The maximum atomic E-state index is 13.5. The van der Waals surface area contributed by atoms with E-state index in [0.29, 0.717) is 46.1 Å². The number of hydrogen-bond donors (Lipinski definition) is 1. The fourth-order valence-corrected chi connectivity index (χ4v) is 4.08. The van der Waals surface area contributed by atoms with Crippen LogP contribution in [0.25, 0.3) is 0 Å². The zero-order valence-corrected chi connectivity index (χ0v) is 21.5. The van der Waals surface area contributed by atoms with Crippen LogP contribution in [0, 0.1) is 5.92 Å². The molecule has 8 nitrogen and oxygen atoms in total. The lowest BCUT2D eigenvalue weighted by Gasteiger charge is -2.28. The highest BCUT2D eigenvalue weighted by Crippen LogP contribution is 2.33. The average Bonchev–Trinajstić information content (AvgIpc) is 3.52. The van der Waals surface area contributed by atoms with Gasteiger partial charge in [-0.2, -0.15) is 0 Å². The van der Waals surface area contributed by atoms with E-state index in [1.165, 1.54) is 4.90 Å². The van der Waals surface area contributed by atoms with E-state index < -0.39 is 6.03 Å². The van der Waals surface area contributed by atoms with Crippen molar-refractivity contribution >= 4 is 40.8 Å². The molecule has 0 radical (unpaired) electrons. The number of fused-ring (bicyclic) bond motifs is 1. The summed E-state index contributed by atoms with van der Waals surface area (Å²) in [5.41, 5.74) is 1.36. The van der Waals surface area contributed by atoms with E-state index in [-0.39, 0.29) is 31.7 Å². The van der Waals surface area contributed by atoms with E-state index in [1.54, 1.807) is 35.4 Å². The summed E-state index contributed by atoms with van der Waals surface area (Å²) in [7, 11) is 0. The summed E-state index contributed by atoms with van der Waals surface area (Å²) in [5.74, 6) is 1.86. The molecule has 2 heterocycles. The van der Waals surface area contributed by atoms with Crippen molar-refractivity contribution in [1.82, 2.24) is 9.80 Å². The van der Waals surface area contributed by atoms with Gasteiger partial charge in [-0.3, -0.25) is 4.79 Å². The van der Waals surface area contributed by atoms with Crippen LogP contribution in [0.2, 0.25) is 10.0 Å². The zero-order chi connectivity index (χ0) is 25.7. The number of anilines is 1. The van der Waals surface area contributed by atoms with Crippen molar-refractivity contribution < 1.29 is 23.5 Å². The van der Waals surface area contributed by atoms with E-state index >= 15 is 0 Å². The molecule has 190 valence electrons. The van der Waals surface area contributed by atoms with E-state index in [9.17, 15) is 9.59 Å². The molecular formula is C26H27Cl2N3O5. The lowest BCUT2D eigenvalue weighted by atomic mass is 10.1. The molecule has 4 rings (SSSR count). The van der Waals surface area contributed by atoms with Crippen molar-refractivity contribution in [3.05, 3.63) is 76.2 Å². The molecule has 0 aliphatic carbocycles. The first-order valence-corrected chi connectivity index (χ1v) is 12.2. The van der Waals surface area contributed by atoms with Gasteiger partial charge in [-0.05, 0) is 53.9 Å². The lowest BCUT2D eigenvalue weighted by molar-refractivity contribution is -0.133. The van der Waals surface area contributed by atoms with E-state index in [2.05, 4.69) is 5.32 Å². The normalized spacial score (nSPS) is 12.0. The first-order valence-electron chi connectivity index (χ1n) is 11.5. The van der Waals surface area contributed by atoms with Crippen LogP contribution in [0.1, 0.15) is 25.2 Å². The van der Waals surface area contributed by atoms with E-state index in [4.69, 9.17) is 37.1 Å². The molecule has 0 saturated carbocycles. The Balaban J connectivity index is 1.50. The van der Waals surface area contributed by atoms with Gasteiger partial charge in [0.1, 0.15) is 12.3 Å². The molecule has 0 spiro atoms. The summed E-state index contributed by atoms with van der Waals surface area (Å²) in [6.45, 7) is 4.97. The molecule has 10 heteroatoms. The van der Waals surface area contributed by atoms with Crippen molar-refractivity contribution in [1.29, 1.82) is 0 Å². The molecule has 0 bridgehead atoms. The highest BCUT2D eigenvalue weighted by Gasteiger charge is 2.24. The minimum atomic E-state index is -0.406. The molecule has 2 aromatic carbocycles. The van der Waals surface area contributed by atoms with Gasteiger partial charge in [-0.1, -0.05) is 43.1 Å². The van der Waals surface area contributed by atoms with Crippen LogP contribution in [-0.4, -0.2) is 41.6 Å². The SMILES string of the molecule is CC(C)CN(CC(=O)N(Cc1ccc2c(c1)OCO2)Cc1ccco1)C(=O)Nc1ccc(Cl)c(Cl)c1. The van der Waals surface area contributed by atoms with Crippen LogP contribution in [0.4, 0.5) is 10.5 Å². The Morgan fingerprint density at radius 3 is 2.50 bits per heavy atom. The molecule has 0 atom stereocenters. The van der Waals surface area contributed by atoms with Gasteiger partial charge in [0.25, 0.3) is 0 Å². The molecule has 1 N–H and O–H groups in total. The topological polar surface area (TPSA) is 84.2 Å². The maximum Gasteiger partial charge on any atom is 0.322 e. The predicted octanol–water partition coefficient (Wildman–Crippen LogP) is 6.03. The van der Waals surface area contributed by atoms with Crippen LogP contribution < -0.4 is 14.8 Å². The highest BCUT2D eigenvalue weighted by molar-refractivity contribution is 6.42. The number of nitrogens with zero attached hydrogens (tertiary/aromatic N) is 2. The number of halogens is 2. The molecule has 0 saturated heterocycles. The van der Waals surface area contributed by atoms with Crippen LogP contribution in [0.5, 0.6) is 11.5 Å². The number of ether oxygens (including phenoxy) is 2. The number of nitrogens with one attached hydrogen (secondary N) is 1. The molecule has 1 aliphatic heterocycles. The van der Waals surface area contributed by atoms with Crippen LogP contribution in [-0.2, 0) is 17.9 Å². The Bertz CT molecular complexity index is 1220. The monoisotopic (exact) mass is 531 g/mol. The second-order valence-corrected chi connectivity index (χ2v) is 9.66. The molecule has 3 aromatic rings. The fraction of sp³-hybridized carbons (Fsp3) is 0.308. The lowest BCUT2D eigenvalue weighted by Crippen LogP contribution is -2.45. The molecule has 1 aliphatic rings. The number of hydrogen-bond acceptors (Lipinski definition) is 5. The molecular weight excluding hydrogens is 505 g/mol. The molecule has 36 heavy (non-hydrogen) atoms. The van der Waals surface area contributed by atoms with E-state index in [0.717, 1.165) is 5.56 Å². The summed E-state index contributed by atoms with van der Waals surface area (Å²) < 4.78 is 16.3. The van der Waals surface area contributed by atoms with Crippen molar-refractivity contribution in [3.63, 3.8) is 0 Å². The van der Waals surface area contributed by atoms with Gasteiger partial charge in [0, 0.05) is 18.8 Å². The van der Waals surface area contributed by atoms with Gasteiger partial charge in [-0.15, -0.1) is 0 Å². The molecule has 1 aromatic heterocycles. The second-order valence-electron chi connectivity index (χ2n) is 8.85. The Morgan fingerprint density at radius 2 is 1.78 bits per heavy atom. The number of urea groups is 1. The number of furan rings is 1. The van der Waals surface area contributed by atoms with Crippen molar-refractivity contribution in [2.24, 2.45) is 5.92 Å². The van der Waals surface area contributed by atoms with Crippen molar-refractivity contribution in [3.8, 4) is 11.5 Å². The van der Waals surface area contributed by atoms with Crippen LogP contribution >= 0.6 is 23.2 Å². The summed E-state index contributed by atoms with van der Waals surface area (Å²) >= 11 is 12.1. The van der Waals surface area contributed by atoms with Gasteiger partial charge in [-0.25, -0.2) is 4.79 Å². The fourth-order valence-electron chi connectivity index (χ4n) is 3.78. The largest absolute Gasteiger partial charge is 0.467 e. The Hall–Kier alpha value is -3.36. The van der Waals surface area contributed by atoms with Gasteiger partial charge < -0.3 is 29.0 Å². The maximum absolute atomic E-state index is 13.5. The number of benzene rings is 2. The Morgan fingerprint density at radius 1 is 0.972 bits per heavy atom. The number of carbonyl (C=O) groups excluding carboxylic acids is 2. The summed E-state index contributed by atoms with van der Waals surface area (Å²) in [6, 6.07) is 13.6. The zero-order valence-electron chi connectivity index (χ0n) is 20.0. The smallest absolute Gasteiger partial charge is 0.322 e.